The minimum atomic E-state index is -0.0255. The Labute approximate surface area is 168 Å². The van der Waals surface area contributed by atoms with E-state index in [9.17, 15) is 0 Å². The van der Waals surface area contributed by atoms with Crippen molar-refractivity contribution in [3.8, 4) is 5.75 Å². The number of ether oxygens (including phenoxy) is 3. The molecule has 3 rings (SSSR count). The molecule has 2 aromatic carbocycles. The van der Waals surface area contributed by atoms with Gasteiger partial charge in [-0.25, -0.2) is 0 Å². The topological polar surface area (TPSA) is 27.7 Å². The Hall–Kier alpha value is -2.36. The third-order valence-electron chi connectivity index (χ3n) is 5.50. The molecule has 0 radical (unpaired) electrons. The number of methoxy groups -OCH3 is 1. The summed E-state index contributed by atoms with van der Waals surface area (Å²) in [5.74, 6) is 1.34. The summed E-state index contributed by atoms with van der Waals surface area (Å²) in [7, 11) is 1.68. The molecule has 0 saturated carbocycles. The highest BCUT2D eigenvalue weighted by atomic mass is 16.5. The molecule has 28 heavy (non-hydrogen) atoms. The standard InChI is InChI=1S/C25H30O3/c1-5-23-18(2)25(27-17-21-11-14-22(26-4)15-12-21)19(3)24(28-23)16-13-20-9-7-6-8-10-20/h5-16,18-19,23-25H,1,17H2,2-4H3/b16-13+/t18-,19+,23+,24-,25-/m1/s1. The third-order valence-corrected chi connectivity index (χ3v) is 5.50. The monoisotopic (exact) mass is 378 g/mol. The summed E-state index contributed by atoms with van der Waals surface area (Å²) in [6, 6.07) is 18.3. The molecule has 0 N–H and O–H groups in total. The summed E-state index contributed by atoms with van der Waals surface area (Å²) >= 11 is 0. The number of rotatable bonds is 7. The molecule has 1 fully saturated rings. The van der Waals surface area contributed by atoms with Crippen LogP contribution in [0.5, 0.6) is 5.75 Å². The van der Waals surface area contributed by atoms with Gasteiger partial charge >= 0.3 is 0 Å². The fourth-order valence-corrected chi connectivity index (χ4v) is 3.76. The van der Waals surface area contributed by atoms with Gasteiger partial charge in [0.25, 0.3) is 0 Å². The van der Waals surface area contributed by atoms with Crippen molar-refractivity contribution >= 4 is 6.08 Å². The third kappa shape index (κ3) is 4.92. The number of hydrogen-bond acceptors (Lipinski definition) is 3. The second kappa shape index (κ2) is 9.72. The molecule has 3 nitrogen and oxygen atoms in total. The fourth-order valence-electron chi connectivity index (χ4n) is 3.76. The summed E-state index contributed by atoms with van der Waals surface area (Å²) in [4.78, 5) is 0. The Morgan fingerprint density at radius 2 is 1.64 bits per heavy atom. The number of benzene rings is 2. The van der Waals surface area contributed by atoms with Crippen LogP contribution in [0.3, 0.4) is 0 Å². The lowest BCUT2D eigenvalue weighted by Gasteiger charge is -2.43. The first-order chi connectivity index (χ1) is 13.6. The van der Waals surface area contributed by atoms with Gasteiger partial charge in [-0.1, -0.05) is 74.5 Å². The zero-order chi connectivity index (χ0) is 19.9. The molecule has 5 atom stereocenters. The van der Waals surface area contributed by atoms with Crippen LogP contribution in [0.15, 0.2) is 73.3 Å². The predicted octanol–water partition coefficient (Wildman–Crippen LogP) is 5.52. The van der Waals surface area contributed by atoms with Gasteiger partial charge in [-0.3, -0.25) is 0 Å². The smallest absolute Gasteiger partial charge is 0.118 e. The van der Waals surface area contributed by atoms with Crippen LogP contribution in [-0.2, 0) is 16.1 Å². The summed E-state index contributed by atoms with van der Waals surface area (Å²) in [6.07, 6.45) is 6.21. The highest BCUT2D eigenvalue weighted by Gasteiger charge is 2.40. The van der Waals surface area contributed by atoms with Crippen molar-refractivity contribution in [3.63, 3.8) is 0 Å². The van der Waals surface area contributed by atoms with Crippen molar-refractivity contribution in [2.75, 3.05) is 7.11 Å². The number of hydrogen-bond donors (Lipinski definition) is 0. The van der Waals surface area contributed by atoms with Gasteiger partial charge in [0, 0.05) is 11.8 Å². The molecule has 0 aliphatic carbocycles. The van der Waals surface area contributed by atoms with Gasteiger partial charge in [0.15, 0.2) is 0 Å². The van der Waals surface area contributed by atoms with Crippen LogP contribution < -0.4 is 4.74 Å². The first-order valence-corrected chi connectivity index (χ1v) is 9.88. The summed E-state index contributed by atoms with van der Waals surface area (Å²) in [5.41, 5.74) is 2.31. The molecule has 148 valence electrons. The van der Waals surface area contributed by atoms with E-state index in [-0.39, 0.29) is 30.1 Å². The first kappa shape index (κ1) is 20.4. The highest BCUT2D eigenvalue weighted by Crippen LogP contribution is 2.34. The molecule has 1 saturated heterocycles. The van der Waals surface area contributed by atoms with E-state index in [0.717, 1.165) is 11.3 Å². The van der Waals surface area contributed by atoms with Crippen LogP contribution in [0.1, 0.15) is 25.0 Å². The average Bonchev–Trinajstić information content (AvgIpc) is 2.74. The Balaban J connectivity index is 1.70. The lowest BCUT2D eigenvalue weighted by atomic mass is 9.82. The second-order valence-electron chi connectivity index (χ2n) is 7.41. The largest absolute Gasteiger partial charge is 0.497 e. The molecule has 0 aromatic heterocycles. The normalized spacial score (nSPS) is 27.6. The fraction of sp³-hybridized carbons (Fsp3) is 0.360. The molecule has 2 aromatic rings. The molecule has 1 aliphatic rings. The Bertz CT molecular complexity index is 766. The van der Waals surface area contributed by atoms with Crippen LogP contribution in [0.25, 0.3) is 6.08 Å². The second-order valence-corrected chi connectivity index (χ2v) is 7.41. The van der Waals surface area contributed by atoms with Gasteiger partial charge < -0.3 is 14.2 Å². The van der Waals surface area contributed by atoms with E-state index in [2.05, 4.69) is 44.7 Å². The highest BCUT2D eigenvalue weighted by molar-refractivity contribution is 5.49. The molecular weight excluding hydrogens is 348 g/mol. The van der Waals surface area contributed by atoms with Gasteiger partial charge in [-0.2, -0.15) is 0 Å². The van der Waals surface area contributed by atoms with Gasteiger partial charge in [0.2, 0.25) is 0 Å². The van der Waals surface area contributed by atoms with Crippen LogP contribution in [0, 0.1) is 11.8 Å². The maximum absolute atomic E-state index is 6.38. The average molecular weight is 379 g/mol. The van der Waals surface area contributed by atoms with E-state index in [1.54, 1.807) is 7.11 Å². The van der Waals surface area contributed by atoms with Gasteiger partial charge in [0.05, 0.1) is 32.0 Å². The van der Waals surface area contributed by atoms with E-state index >= 15 is 0 Å². The zero-order valence-corrected chi connectivity index (χ0v) is 17.0. The Kier molecular flexibility index (Phi) is 7.07. The van der Waals surface area contributed by atoms with Crippen LogP contribution in [-0.4, -0.2) is 25.4 Å². The minimum absolute atomic E-state index is 0.0136. The first-order valence-electron chi connectivity index (χ1n) is 9.88. The minimum Gasteiger partial charge on any atom is -0.497 e. The lowest BCUT2D eigenvalue weighted by molar-refractivity contribution is -0.155. The van der Waals surface area contributed by atoms with E-state index in [4.69, 9.17) is 14.2 Å². The van der Waals surface area contributed by atoms with Crippen LogP contribution in [0.2, 0.25) is 0 Å². The maximum Gasteiger partial charge on any atom is 0.118 e. The molecule has 1 aliphatic heterocycles. The van der Waals surface area contributed by atoms with E-state index in [1.807, 2.05) is 48.5 Å². The predicted molar refractivity (Wildman–Crippen MR) is 114 cm³/mol. The molecule has 0 spiro atoms. The lowest BCUT2D eigenvalue weighted by Crippen LogP contribution is -2.48. The van der Waals surface area contributed by atoms with Crippen molar-refractivity contribution in [1.82, 2.24) is 0 Å². The quantitative estimate of drug-likeness (QED) is 0.594. The van der Waals surface area contributed by atoms with Crippen molar-refractivity contribution < 1.29 is 14.2 Å². The summed E-state index contributed by atoms with van der Waals surface area (Å²) in [6.45, 7) is 8.92. The zero-order valence-electron chi connectivity index (χ0n) is 17.0. The van der Waals surface area contributed by atoms with E-state index in [0.29, 0.717) is 6.61 Å². The van der Waals surface area contributed by atoms with Crippen molar-refractivity contribution in [2.45, 2.75) is 38.8 Å². The SMILES string of the molecule is C=C[C@@H]1O[C@H](/C=C/c2ccccc2)[C@H](C)[C@H](OCc2ccc(OC)cc2)[C@@H]1C. The van der Waals surface area contributed by atoms with Crippen molar-refractivity contribution in [2.24, 2.45) is 11.8 Å². The van der Waals surface area contributed by atoms with Crippen molar-refractivity contribution in [1.29, 1.82) is 0 Å². The van der Waals surface area contributed by atoms with Gasteiger partial charge in [0.1, 0.15) is 5.75 Å². The van der Waals surface area contributed by atoms with E-state index < -0.39 is 0 Å². The summed E-state index contributed by atoms with van der Waals surface area (Å²) in [5, 5.41) is 0. The van der Waals surface area contributed by atoms with Crippen LogP contribution in [0.4, 0.5) is 0 Å². The molecule has 0 bridgehead atoms. The molecule has 3 heteroatoms. The molecule has 1 heterocycles. The van der Waals surface area contributed by atoms with Gasteiger partial charge in [-0.15, -0.1) is 6.58 Å². The molecule has 0 amide bonds. The Morgan fingerprint density at radius 1 is 0.964 bits per heavy atom. The maximum atomic E-state index is 6.38. The summed E-state index contributed by atoms with van der Waals surface area (Å²) < 4.78 is 17.9. The van der Waals surface area contributed by atoms with Crippen molar-refractivity contribution in [3.05, 3.63) is 84.5 Å². The van der Waals surface area contributed by atoms with Crippen LogP contribution >= 0.6 is 0 Å². The molecular formula is C25H30O3. The molecule has 0 unspecified atom stereocenters. The Morgan fingerprint density at radius 3 is 2.29 bits per heavy atom. The van der Waals surface area contributed by atoms with E-state index in [1.165, 1.54) is 5.56 Å². The van der Waals surface area contributed by atoms with Gasteiger partial charge in [-0.05, 0) is 23.3 Å².